The van der Waals surface area contributed by atoms with Crippen molar-refractivity contribution in [1.29, 1.82) is 0 Å². The number of hydrogen-bond donors (Lipinski definition) is 2. The summed E-state index contributed by atoms with van der Waals surface area (Å²) in [4.78, 5) is 27.6. The quantitative estimate of drug-likeness (QED) is 0.301. The Labute approximate surface area is 196 Å². The van der Waals surface area contributed by atoms with Crippen LogP contribution >= 0.6 is 11.6 Å². The number of ketones is 1. The topological polar surface area (TPSA) is 87.1 Å². The Morgan fingerprint density at radius 3 is 2.30 bits per heavy atom. The first-order valence-corrected chi connectivity index (χ1v) is 10.8. The van der Waals surface area contributed by atoms with Crippen LogP contribution in [0.5, 0.6) is 11.5 Å². The zero-order valence-electron chi connectivity index (χ0n) is 18.1. The highest BCUT2D eigenvalue weighted by molar-refractivity contribution is 6.51. The van der Waals surface area contributed by atoms with Crippen molar-refractivity contribution in [2.45, 2.75) is 19.9 Å². The zero-order valence-corrected chi connectivity index (χ0v) is 18.8. The molecule has 0 spiro atoms. The van der Waals surface area contributed by atoms with Gasteiger partial charge in [0.15, 0.2) is 0 Å². The average Bonchev–Trinajstić information content (AvgIpc) is 3.06. The molecule has 1 atom stereocenters. The lowest BCUT2D eigenvalue weighted by atomic mass is 9.94. The number of Topliss-reactive ketones (excluding diaryl/α,β-unsaturated/α-hetero) is 1. The number of aliphatic hydroxyl groups is 1. The van der Waals surface area contributed by atoms with E-state index in [-0.39, 0.29) is 17.1 Å². The summed E-state index contributed by atoms with van der Waals surface area (Å²) in [6.45, 7) is 4.22. The average molecular weight is 464 g/mol. The molecule has 3 aromatic carbocycles. The summed E-state index contributed by atoms with van der Waals surface area (Å²) < 4.78 is 5.56. The third-order valence-corrected chi connectivity index (χ3v) is 5.76. The Kier molecular flexibility index (Phi) is 6.11. The van der Waals surface area contributed by atoms with Crippen LogP contribution in [0.2, 0.25) is 5.02 Å². The van der Waals surface area contributed by atoms with Crippen molar-refractivity contribution in [3.63, 3.8) is 0 Å². The van der Waals surface area contributed by atoms with E-state index < -0.39 is 17.7 Å². The van der Waals surface area contributed by atoms with E-state index in [9.17, 15) is 19.8 Å². The number of halogens is 1. The number of anilines is 1. The summed E-state index contributed by atoms with van der Waals surface area (Å²) in [5.74, 6) is -1.13. The summed E-state index contributed by atoms with van der Waals surface area (Å²) in [7, 11) is 0. The number of amides is 1. The highest BCUT2D eigenvalue weighted by Crippen LogP contribution is 2.42. The lowest BCUT2D eigenvalue weighted by Gasteiger charge is -2.25. The van der Waals surface area contributed by atoms with Gasteiger partial charge in [0.05, 0.1) is 18.2 Å². The normalized spacial score (nSPS) is 17.4. The summed E-state index contributed by atoms with van der Waals surface area (Å²) in [6, 6.07) is 16.9. The van der Waals surface area contributed by atoms with Crippen LogP contribution in [0.25, 0.3) is 5.76 Å². The zero-order chi connectivity index (χ0) is 23.7. The number of rotatable bonds is 5. The monoisotopic (exact) mass is 463 g/mol. The van der Waals surface area contributed by atoms with Gasteiger partial charge in [-0.05, 0) is 79.6 Å². The minimum atomic E-state index is -0.890. The molecule has 0 aromatic heterocycles. The smallest absolute Gasteiger partial charge is 0.300 e. The number of ether oxygens (including phenoxy) is 1. The molecular formula is C26H22ClNO5. The number of carbonyl (C=O) groups excluding carboxylic acids is 2. The molecule has 1 fully saturated rings. The lowest BCUT2D eigenvalue weighted by Crippen LogP contribution is -2.29. The van der Waals surface area contributed by atoms with Crippen LogP contribution in [-0.4, -0.2) is 28.5 Å². The van der Waals surface area contributed by atoms with Crippen molar-refractivity contribution in [2.24, 2.45) is 0 Å². The Bertz CT molecular complexity index is 1250. The van der Waals surface area contributed by atoms with E-state index >= 15 is 0 Å². The molecule has 0 aliphatic carbocycles. The third kappa shape index (κ3) is 4.17. The molecule has 3 aromatic rings. The number of benzene rings is 3. The van der Waals surface area contributed by atoms with Crippen molar-refractivity contribution >= 4 is 34.7 Å². The van der Waals surface area contributed by atoms with Crippen LogP contribution < -0.4 is 9.64 Å². The van der Waals surface area contributed by atoms with E-state index in [1.807, 2.05) is 13.8 Å². The lowest BCUT2D eigenvalue weighted by molar-refractivity contribution is -0.132. The largest absolute Gasteiger partial charge is 0.508 e. The van der Waals surface area contributed by atoms with E-state index in [0.717, 1.165) is 5.56 Å². The second-order valence-corrected chi connectivity index (χ2v) is 8.09. The fourth-order valence-electron chi connectivity index (χ4n) is 3.94. The van der Waals surface area contributed by atoms with Gasteiger partial charge in [0.1, 0.15) is 17.3 Å². The van der Waals surface area contributed by atoms with Gasteiger partial charge in [0.2, 0.25) is 0 Å². The molecule has 0 saturated carbocycles. The van der Waals surface area contributed by atoms with Crippen molar-refractivity contribution in [3.05, 3.63) is 94.0 Å². The van der Waals surface area contributed by atoms with Crippen LogP contribution in [0, 0.1) is 6.92 Å². The molecule has 7 heteroatoms. The molecule has 4 rings (SSSR count). The van der Waals surface area contributed by atoms with E-state index in [0.29, 0.717) is 34.2 Å². The van der Waals surface area contributed by atoms with Crippen molar-refractivity contribution in [1.82, 2.24) is 0 Å². The molecule has 6 nitrogen and oxygen atoms in total. The predicted molar refractivity (Wildman–Crippen MR) is 127 cm³/mol. The Balaban J connectivity index is 1.90. The highest BCUT2D eigenvalue weighted by Gasteiger charge is 2.47. The molecule has 1 amide bonds. The molecule has 2 N–H and O–H groups in total. The second-order valence-electron chi connectivity index (χ2n) is 7.65. The van der Waals surface area contributed by atoms with Crippen LogP contribution in [0.1, 0.15) is 29.7 Å². The van der Waals surface area contributed by atoms with Crippen molar-refractivity contribution < 1.29 is 24.5 Å². The molecule has 1 aliphatic rings. The predicted octanol–water partition coefficient (Wildman–Crippen LogP) is 5.38. The summed E-state index contributed by atoms with van der Waals surface area (Å²) in [5, 5.41) is 21.4. The minimum absolute atomic E-state index is 0.0378. The van der Waals surface area contributed by atoms with Crippen LogP contribution in [-0.2, 0) is 9.59 Å². The Morgan fingerprint density at radius 1 is 1.03 bits per heavy atom. The summed E-state index contributed by atoms with van der Waals surface area (Å²) in [6.07, 6.45) is 0. The van der Waals surface area contributed by atoms with Crippen LogP contribution in [0.4, 0.5) is 5.69 Å². The van der Waals surface area contributed by atoms with Gasteiger partial charge in [-0.25, -0.2) is 0 Å². The van der Waals surface area contributed by atoms with Crippen molar-refractivity contribution in [2.75, 3.05) is 11.5 Å². The maximum atomic E-state index is 13.2. The number of carbonyl (C=O) groups is 2. The van der Waals surface area contributed by atoms with E-state index in [2.05, 4.69) is 0 Å². The SMILES string of the molecule is CCOc1ccc(/C(O)=C2/C(=O)C(=O)N(c3ccc(Cl)cc3)C2c2ccc(O)cc2)cc1C. The van der Waals surface area contributed by atoms with E-state index in [1.54, 1.807) is 54.6 Å². The van der Waals surface area contributed by atoms with Gasteiger partial charge in [-0.1, -0.05) is 23.7 Å². The fraction of sp³-hybridized carbons (Fsp3) is 0.154. The molecular weight excluding hydrogens is 442 g/mol. The van der Waals surface area contributed by atoms with Gasteiger partial charge in [0.25, 0.3) is 11.7 Å². The molecule has 0 bridgehead atoms. The maximum Gasteiger partial charge on any atom is 0.300 e. The summed E-state index contributed by atoms with van der Waals surface area (Å²) in [5.41, 5.74) is 2.17. The standard InChI is InChI=1S/C26H22ClNO5/c1-3-33-21-13-6-17(14-15(21)2)24(30)22-23(16-4-11-20(29)12-5-16)28(26(32)25(22)31)19-9-7-18(27)8-10-19/h4-14,23,29-30H,3H2,1-2H3/b24-22-. The second kappa shape index (κ2) is 9.00. The fourth-order valence-corrected chi connectivity index (χ4v) is 4.07. The number of aryl methyl sites for hydroxylation is 1. The van der Waals surface area contributed by atoms with Gasteiger partial charge in [-0.2, -0.15) is 0 Å². The number of phenols is 1. The van der Waals surface area contributed by atoms with Crippen LogP contribution in [0.15, 0.2) is 72.3 Å². The van der Waals surface area contributed by atoms with Gasteiger partial charge < -0.3 is 14.9 Å². The maximum absolute atomic E-state index is 13.2. The van der Waals surface area contributed by atoms with Crippen molar-refractivity contribution in [3.8, 4) is 11.5 Å². The number of aromatic hydroxyl groups is 1. The number of nitrogens with zero attached hydrogens (tertiary/aromatic N) is 1. The minimum Gasteiger partial charge on any atom is -0.508 e. The molecule has 33 heavy (non-hydrogen) atoms. The van der Waals surface area contributed by atoms with Gasteiger partial charge in [-0.15, -0.1) is 0 Å². The molecule has 1 unspecified atom stereocenters. The molecule has 0 radical (unpaired) electrons. The highest BCUT2D eigenvalue weighted by atomic mass is 35.5. The number of aliphatic hydroxyl groups excluding tert-OH is 1. The Hall–Kier alpha value is -3.77. The molecule has 1 heterocycles. The van der Waals surface area contributed by atoms with Gasteiger partial charge in [0, 0.05) is 16.3 Å². The summed E-state index contributed by atoms with van der Waals surface area (Å²) >= 11 is 6.01. The van der Waals surface area contributed by atoms with E-state index in [4.69, 9.17) is 16.3 Å². The van der Waals surface area contributed by atoms with Gasteiger partial charge in [-0.3, -0.25) is 14.5 Å². The van der Waals surface area contributed by atoms with Crippen LogP contribution in [0.3, 0.4) is 0 Å². The molecule has 168 valence electrons. The molecule has 1 saturated heterocycles. The first kappa shape index (κ1) is 22.4. The number of phenolic OH excluding ortho intramolecular Hbond substituents is 1. The first-order chi connectivity index (χ1) is 15.8. The van der Waals surface area contributed by atoms with E-state index in [1.165, 1.54) is 17.0 Å². The number of hydrogen-bond acceptors (Lipinski definition) is 5. The first-order valence-electron chi connectivity index (χ1n) is 10.4. The van der Waals surface area contributed by atoms with Gasteiger partial charge >= 0.3 is 0 Å². The molecule has 1 aliphatic heterocycles. The third-order valence-electron chi connectivity index (χ3n) is 5.51. The Morgan fingerprint density at radius 2 is 1.70 bits per heavy atom.